The summed E-state index contributed by atoms with van der Waals surface area (Å²) in [4.78, 5) is 11.0. The third-order valence-corrected chi connectivity index (χ3v) is 1.34. The van der Waals surface area contributed by atoms with Gasteiger partial charge in [0, 0.05) is 12.5 Å². The number of hydrogen-bond acceptors (Lipinski definition) is 2. The summed E-state index contributed by atoms with van der Waals surface area (Å²) in [7, 11) is 0. The third-order valence-electron chi connectivity index (χ3n) is 1.34. The number of ether oxygens (including phenoxy) is 1. The Morgan fingerprint density at radius 1 is 1.54 bits per heavy atom. The molecule has 0 saturated carbocycles. The molecule has 0 spiro atoms. The minimum atomic E-state index is -0.392. The maximum absolute atomic E-state index is 11.0. The Labute approximate surface area is 79.8 Å². The van der Waals surface area contributed by atoms with Gasteiger partial charge in [0.2, 0.25) is 0 Å². The molecule has 0 aliphatic rings. The van der Waals surface area contributed by atoms with Crippen LogP contribution in [0, 0.1) is 18.3 Å². The highest BCUT2D eigenvalue weighted by Crippen LogP contribution is 1.94. The summed E-state index contributed by atoms with van der Waals surface area (Å²) < 4.78 is 4.90. The first-order valence-electron chi connectivity index (χ1n) is 4.43. The Morgan fingerprint density at radius 2 is 2.15 bits per heavy atom. The molecule has 0 unspecified atom stereocenters. The molecule has 0 fully saturated rings. The van der Waals surface area contributed by atoms with Gasteiger partial charge in [-0.1, -0.05) is 13.8 Å². The lowest BCUT2D eigenvalue weighted by molar-refractivity contribution is 0.130. The van der Waals surface area contributed by atoms with E-state index in [-0.39, 0.29) is 6.04 Å². The van der Waals surface area contributed by atoms with Crippen molar-refractivity contribution in [1.29, 1.82) is 0 Å². The van der Waals surface area contributed by atoms with Crippen molar-refractivity contribution in [2.75, 3.05) is 6.61 Å². The number of rotatable bonds is 4. The molecule has 0 aromatic heterocycles. The Bertz CT molecular complexity index is 194. The van der Waals surface area contributed by atoms with Gasteiger partial charge in [-0.2, -0.15) is 0 Å². The van der Waals surface area contributed by atoms with E-state index in [1.807, 2.05) is 20.8 Å². The molecular weight excluding hydrogens is 166 g/mol. The molecule has 13 heavy (non-hydrogen) atoms. The van der Waals surface area contributed by atoms with Gasteiger partial charge in [-0.25, -0.2) is 4.79 Å². The fourth-order valence-corrected chi connectivity index (χ4v) is 0.713. The molecule has 0 saturated heterocycles. The maximum Gasteiger partial charge on any atom is 0.407 e. The maximum atomic E-state index is 11.0. The van der Waals surface area contributed by atoms with Crippen molar-refractivity contribution in [3.05, 3.63) is 0 Å². The topological polar surface area (TPSA) is 38.3 Å². The van der Waals surface area contributed by atoms with Crippen LogP contribution in [0.2, 0.25) is 0 Å². The summed E-state index contributed by atoms with van der Waals surface area (Å²) in [6, 6.07) is -0.0235. The van der Waals surface area contributed by atoms with Crippen molar-refractivity contribution in [3.63, 3.8) is 0 Å². The minimum absolute atomic E-state index is 0.0235. The molecule has 74 valence electrons. The normalized spacial score (nSPS) is 11.9. The average Bonchev–Trinajstić information content (AvgIpc) is 2.01. The van der Waals surface area contributed by atoms with E-state index < -0.39 is 6.09 Å². The number of hydrogen-bond donors (Lipinski definition) is 1. The Kier molecular flexibility index (Phi) is 5.79. The van der Waals surface area contributed by atoms with Crippen molar-refractivity contribution in [1.82, 2.24) is 5.32 Å². The molecule has 1 atom stereocenters. The van der Waals surface area contributed by atoms with Gasteiger partial charge in [0.1, 0.15) is 0 Å². The van der Waals surface area contributed by atoms with Crippen molar-refractivity contribution < 1.29 is 9.53 Å². The van der Waals surface area contributed by atoms with Crippen molar-refractivity contribution >= 4 is 6.09 Å². The lowest BCUT2D eigenvalue weighted by Gasteiger charge is -2.12. The second-order valence-corrected chi connectivity index (χ2v) is 3.45. The van der Waals surface area contributed by atoms with Crippen LogP contribution in [-0.2, 0) is 4.74 Å². The SMILES string of the molecule is C#CC[C@H](C)NC(=O)OCC(C)C. The lowest BCUT2D eigenvalue weighted by Crippen LogP contribution is -2.33. The highest BCUT2D eigenvalue weighted by Gasteiger charge is 2.07. The molecule has 1 amide bonds. The van der Waals surface area contributed by atoms with Gasteiger partial charge < -0.3 is 10.1 Å². The van der Waals surface area contributed by atoms with E-state index in [1.165, 1.54) is 0 Å². The number of carbonyl (C=O) groups excluding carboxylic acids is 1. The molecule has 1 N–H and O–H groups in total. The Hall–Kier alpha value is -1.17. The van der Waals surface area contributed by atoms with Gasteiger partial charge in [0.05, 0.1) is 6.61 Å². The lowest BCUT2D eigenvalue weighted by atomic mass is 10.2. The number of carbonyl (C=O) groups is 1. The molecule has 3 nitrogen and oxygen atoms in total. The number of nitrogens with one attached hydrogen (secondary N) is 1. The molecule has 0 bridgehead atoms. The van der Waals surface area contributed by atoms with Gasteiger partial charge in [-0.15, -0.1) is 12.3 Å². The Morgan fingerprint density at radius 3 is 2.62 bits per heavy atom. The van der Waals surface area contributed by atoms with Crippen molar-refractivity contribution in [2.45, 2.75) is 33.2 Å². The second kappa shape index (κ2) is 6.36. The summed E-state index contributed by atoms with van der Waals surface area (Å²) in [5.41, 5.74) is 0. The van der Waals surface area contributed by atoms with Crippen molar-refractivity contribution in [3.8, 4) is 12.3 Å². The first kappa shape index (κ1) is 11.8. The van der Waals surface area contributed by atoms with E-state index in [9.17, 15) is 4.79 Å². The zero-order valence-corrected chi connectivity index (χ0v) is 8.46. The largest absolute Gasteiger partial charge is 0.449 e. The molecule has 0 aromatic rings. The van der Waals surface area contributed by atoms with E-state index in [0.29, 0.717) is 18.9 Å². The summed E-state index contributed by atoms with van der Waals surface area (Å²) in [6.45, 7) is 6.25. The van der Waals surface area contributed by atoms with Gasteiger partial charge in [-0.3, -0.25) is 0 Å². The summed E-state index contributed by atoms with van der Waals surface area (Å²) >= 11 is 0. The monoisotopic (exact) mass is 183 g/mol. The average molecular weight is 183 g/mol. The van der Waals surface area contributed by atoms with Crippen molar-refractivity contribution in [2.24, 2.45) is 5.92 Å². The molecule has 0 aliphatic carbocycles. The van der Waals surface area contributed by atoms with E-state index in [2.05, 4.69) is 11.2 Å². The van der Waals surface area contributed by atoms with Crippen LogP contribution in [0.4, 0.5) is 4.79 Å². The van der Waals surface area contributed by atoms with Crippen LogP contribution in [-0.4, -0.2) is 18.7 Å². The van der Waals surface area contributed by atoms with Crippen LogP contribution in [0.25, 0.3) is 0 Å². The predicted molar refractivity (Wildman–Crippen MR) is 52.2 cm³/mol. The van der Waals surface area contributed by atoms with Crippen LogP contribution in [0.15, 0.2) is 0 Å². The fraction of sp³-hybridized carbons (Fsp3) is 0.700. The molecule has 0 aromatic carbocycles. The minimum Gasteiger partial charge on any atom is -0.449 e. The van der Waals surface area contributed by atoms with Gasteiger partial charge >= 0.3 is 6.09 Å². The van der Waals surface area contributed by atoms with E-state index >= 15 is 0 Å². The molecule has 3 heteroatoms. The molecule has 0 aliphatic heterocycles. The Balaban J connectivity index is 3.57. The highest BCUT2D eigenvalue weighted by atomic mass is 16.5. The zero-order valence-electron chi connectivity index (χ0n) is 8.46. The first-order chi connectivity index (χ1) is 6.06. The molecule has 0 radical (unpaired) electrons. The number of alkyl carbamates (subject to hydrolysis) is 1. The second-order valence-electron chi connectivity index (χ2n) is 3.45. The van der Waals surface area contributed by atoms with Crippen LogP contribution in [0.1, 0.15) is 27.2 Å². The van der Waals surface area contributed by atoms with Crippen LogP contribution >= 0.6 is 0 Å². The van der Waals surface area contributed by atoms with E-state index in [1.54, 1.807) is 0 Å². The number of terminal acetylenes is 1. The van der Waals surface area contributed by atoms with E-state index in [4.69, 9.17) is 11.2 Å². The summed E-state index contributed by atoms with van der Waals surface area (Å²) in [6.07, 6.45) is 5.22. The molecule has 0 heterocycles. The first-order valence-corrected chi connectivity index (χ1v) is 4.43. The van der Waals surface area contributed by atoms with Crippen LogP contribution in [0.3, 0.4) is 0 Å². The van der Waals surface area contributed by atoms with Crippen LogP contribution < -0.4 is 5.32 Å². The van der Waals surface area contributed by atoms with Gasteiger partial charge in [0.15, 0.2) is 0 Å². The quantitative estimate of drug-likeness (QED) is 0.675. The highest BCUT2D eigenvalue weighted by molar-refractivity contribution is 5.67. The standard InChI is InChI=1S/C10H17NO2/c1-5-6-9(4)11-10(12)13-7-8(2)3/h1,8-9H,6-7H2,2-4H3,(H,11,12)/t9-/m0/s1. The predicted octanol–water partition coefficient (Wildman–Crippen LogP) is 1.78. The fourth-order valence-electron chi connectivity index (χ4n) is 0.713. The van der Waals surface area contributed by atoms with Gasteiger partial charge in [0.25, 0.3) is 0 Å². The third kappa shape index (κ3) is 7.20. The zero-order chi connectivity index (χ0) is 10.3. The summed E-state index contributed by atoms with van der Waals surface area (Å²) in [5, 5.41) is 2.63. The smallest absolute Gasteiger partial charge is 0.407 e. The van der Waals surface area contributed by atoms with Crippen LogP contribution in [0.5, 0.6) is 0 Å². The molecular formula is C10H17NO2. The van der Waals surface area contributed by atoms with E-state index in [0.717, 1.165) is 0 Å². The number of amides is 1. The van der Waals surface area contributed by atoms with Gasteiger partial charge in [-0.05, 0) is 12.8 Å². The summed E-state index contributed by atoms with van der Waals surface area (Å²) in [5.74, 6) is 2.82. The molecule has 0 rings (SSSR count).